The first-order valence-corrected chi connectivity index (χ1v) is 11.4. The summed E-state index contributed by atoms with van der Waals surface area (Å²) in [6.45, 7) is 1.87. The normalized spacial score (nSPS) is 34.0. The second kappa shape index (κ2) is 8.51. The summed E-state index contributed by atoms with van der Waals surface area (Å²) in [4.78, 5) is 27.8. The van der Waals surface area contributed by atoms with Crippen LogP contribution in [-0.4, -0.2) is 35.8 Å². The van der Waals surface area contributed by atoms with Crippen LogP contribution in [0, 0.1) is 23.2 Å². The maximum Gasteiger partial charge on any atom is 0.254 e. The zero-order valence-electron chi connectivity index (χ0n) is 17.6. The molecule has 6 rings (SSSR count). The molecule has 0 aromatic heterocycles. The third-order valence-corrected chi connectivity index (χ3v) is 8.08. The van der Waals surface area contributed by atoms with E-state index >= 15 is 0 Å². The van der Waals surface area contributed by atoms with E-state index in [1.807, 2.05) is 29.2 Å². The number of nitrogens with zero attached hydrogens (tertiary/aromatic N) is 1. The number of carbonyl (C=O) groups is 2. The highest BCUT2D eigenvalue weighted by Gasteiger charge is 2.54. The van der Waals surface area contributed by atoms with Crippen molar-refractivity contribution in [3.05, 3.63) is 35.4 Å². The number of amides is 2. The number of halogens is 1. The monoisotopic (exact) mass is 431 g/mol. The molecule has 5 aliphatic rings. The van der Waals surface area contributed by atoms with E-state index in [9.17, 15) is 9.59 Å². The summed E-state index contributed by atoms with van der Waals surface area (Å²) < 4.78 is 0. The number of nitrogens with one attached hydrogen (secondary N) is 1. The molecule has 2 amide bonds. The summed E-state index contributed by atoms with van der Waals surface area (Å²) in [6, 6.07) is 7.89. The molecule has 1 saturated heterocycles. The number of hydrogen-bond donors (Lipinski definition) is 2. The number of carbonyl (C=O) groups excluding carboxylic acids is 2. The largest absolute Gasteiger partial charge is 0.352 e. The van der Waals surface area contributed by atoms with Gasteiger partial charge >= 0.3 is 0 Å². The standard InChI is InChI=1S/C24H33N3O2.ClH/c25-14-21-2-1-7-27(21)22(28)20-5-3-16(4-6-20)15-26-23(29)24-11-17-8-18(12-24)10-19(9-17)13-24;/h3-6,17-19,21H,1-2,7-15,25H2,(H,26,29);1H. The van der Waals surface area contributed by atoms with Crippen LogP contribution in [0.25, 0.3) is 0 Å². The van der Waals surface area contributed by atoms with Crippen LogP contribution < -0.4 is 11.1 Å². The highest BCUT2D eigenvalue weighted by atomic mass is 35.5. The van der Waals surface area contributed by atoms with Crippen molar-refractivity contribution >= 4 is 24.2 Å². The van der Waals surface area contributed by atoms with Crippen molar-refractivity contribution in [3.8, 4) is 0 Å². The van der Waals surface area contributed by atoms with Gasteiger partial charge in [-0.1, -0.05) is 12.1 Å². The Kier molecular flexibility index (Phi) is 6.13. The Bertz CT molecular complexity index is 759. The minimum Gasteiger partial charge on any atom is -0.352 e. The Hall–Kier alpha value is -1.59. The summed E-state index contributed by atoms with van der Waals surface area (Å²) in [5.74, 6) is 2.67. The molecule has 1 unspecified atom stereocenters. The number of benzene rings is 1. The van der Waals surface area contributed by atoms with Gasteiger partial charge in [-0.2, -0.15) is 0 Å². The third-order valence-electron chi connectivity index (χ3n) is 8.08. The average Bonchev–Trinajstić information content (AvgIpc) is 3.19. The summed E-state index contributed by atoms with van der Waals surface area (Å²) in [7, 11) is 0. The molecule has 6 heteroatoms. The molecule has 0 spiro atoms. The van der Waals surface area contributed by atoms with Gasteiger partial charge in [0.1, 0.15) is 0 Å². The summed E-state index contributed by atoms with van der Waals surface area (Å²) >= 11 is 0. The lowest BCUT2D eigenvalue weighted by Gasteiger charge is -2.55. The SMILES string of the molecule is Cl.NCC1CCCN1C(=O)c1ccc(CNC(=O)C23CC4CC(CC(C4)C2)C3)cc1. The van der Waals surface area contributed by atoms with Crippen LogP contribution in [0.4, 0.5) is 0 Å². The first-order valence-electron chi connectivity index (χ1n) is 11.4. The van der Waals surface area contributed by atoms with Crippen molar-refractivity contribution in [2.24, 2.45) is 28.9 Å². The predicted octanol–water partition coefficient (Wildman–Crippen LogP) is 3.50. The van der Waals surface area contributed by atoms with Gasteiger partial charge in [-0.3, -0.25) is 9.59 Å². The van der Waals surface area contributed by atoms with Gasteiger partial charge in [0.05, 0.1) is 0 Å². The van der Waals surface area contributed by atoms with E-state index in [4.69, 9.17) is 5.73 Å². The van der Waals surface area contributed by atoms with E-state index in [-0.39, 0.29) is 35.7 Å². The molecule has 1 aromatic rings. The summed E-state index contributed by atoms with van der Waals surface area (Å²) in [5.41, 5.74) is 7.47. The van der Waals surface area contributed by atoms with Gasteiger partial charge in [0.25, 0.3) is 5.91 Å². The third kappa shape index (κ3) is 3.87. The molecule has 5 fully saturated rings. The van der Waals surface area contributed by atoms with Crippen LogP contribution in [0.3, 0.4) is 0 Å². The number of nitrogens with two attached hydrogens (primary N) is 1. The Labute approximate surface area is 185 Å². The Morgan fingerprint density at radius 2 is 1.63 bits per heavy atom. The van der Waals surface area contributed by atoms with Crippen LogP contribution >= 0.6 is 12.4 Å². The van der Waals surface area contributed by atoms with E-state index < -0.39 is 0 Å². The quantitative estimate of drug-likeness (QED) is 0.749. The van der Waals surface area contributed by atoms with Crippen molar-refractivity contribution in [2.75, 3.05) is 13.1 Å². The molecule has 4 aliphatic carbocycles. The Morgan fingerprint density at radius 1 is 1.03 bits per heavy atom. The lowest BCUT2D eigenvalue weighted by atomic mass is 9.49. The maximum atomic E-state index is 13.1. The molecule has 4 saturated carbocycles. The van der Waals surface area contributed by atoms with Gasteiger partial charge in [-0.05, 0) is 86.8 Å². The highest BCUT2D eigenvalue weighted by molar-refractivity contribution is 5.94. The molecule has 1 aliphatic heterocycles. The van der Waals surface area contributed by atoms with Crippen molar-refractivity contribution in [2.45, 2.75) is 64.0 Å². The van der Waals surface area contributed by atoms with Crippen LogP contribution in [0.15, 0.2) is 24.3 Å². The predicted molar refractivity (Wildman–Crippen MR) is 119 cm³/mol. The summed E-state index contributed by atoms with van der Waals surface area (Å²) in [5, 5.41) is 3.23. The summed E-state index contributed by atoms with van der Waals surface area (Å²) in [6.07, 6.45) is 9.36. The first-order chi connectivity index (χ1) is 14.1. The lowest BCUT2D eigenvalue weighted by molar-refractivity contribution is -0.146. The molecular formula is C24H34ClN3O2. The minimum absolute atomic E-state index is 0. The van der Waals surface area contributed by atoms with Gasteiger partial charge in [-0.25, -0.2) is 0 Å². The fourth-order valence-electron chi connectivity index (χ4n) is 7.04. The van der Waals surface area contributed by atoms with Crippen molar-refractivity contribution < 1.29 is 9.59 Å². The fourth-order valence-corrected chi connectivity index (χ4v) is 7.04. The Morgan fingerprint density at radius 3 is 2.20 bits per heavy atom. The smallest absolute Gasteiger partial charge is 0.254 e. The maximum absolute atomic E-state index is 13.1. The van der Waals surface area contributed by atoms with E-state index in [0.717, 1.165) is 62.0 Å². The van der Waals surface area contributed by atoms with Crippen LogP contribution in [0.5, 0.6) is 0 Å². The van der Waals surface area contributed by atoms with Crippen molar-refractivity contribution in [1.29, 1.82) is 0 Å². The highest BCUT2D eigenvalue weighted by Crippen LogP contribution is 2.60. The number of hydrogen-bond acceptors (Lipinski definition) is 3. The van der Waals surface area contributed by atoms with Gasteiger partial charge in [0.2, 0.25) is 5.91 Å². The van der Waals surface area contributed by atoms with E-state index in [0.29, 0.717) is 18.7 Å². The van der Waals surface area contributed by atoms with Gasteiger partial charge in [0, 0.05) is 36.7 Å². The molecule has 4 bridgehead atoms. The zero-order chi connectivity index (χ0) is 20.0. The van der Waals surface area contributed by atoms with E-state index in [2.05, 4.69) is 5.32 Å². The number of rotatable bonds is 5. The van der Waals surface area contributed by atoms with Gasteiger partial charge < -0.3 is 16.0 Å². The molecule has 1 aromatic carbocycles. The Balaban J connectivity index is 0.00000218. The molecule has 1 atom stereocenters. The van der Waals surface area contributed by atoms with Crippen molar-refractivity contribution in [3.63, 3.8) is 0 Å². The lowest BCUT2D eigenvalue weighted by Crippen LogP contribution is -2.53. The molecular weight excluding hydrogens is 398 g/mol. The molecule has 0 radical (unpaired) electrons. The second-order valence-corrected chi connectivity index (χ2v) is 10.1. The van der Waals surface area contributed by atoms with Crippen molar-refractivity contribution in [1.82, 2.24) is 10.2 Å². The minimum atomic E-state index is -0.0996. The topological polar surface area (TPSA) is 75.4 Å². The van der Waals surface area contributed by atoms with E-state index in [1.54, 1.807) is 0 Å². The second-order valence-electron chi connectivity index (χ2n) is 10.1. The van der Waals surface area contributed by atoms with Crippen LogP contribution in [0.2, 0.25) is 0 Å². The molecule has 30 heavy (non-hydrogen) atoms. The fraction of sp³-hybridized carbons (Fsp3) is 0.667. The van der Waals surface area contributed by atoms with Crippen LogP contribution in [-0.2, 0) is 11.3 Å². The van der Waals surface area contributed by atoms with Crippen LogP contribution in [0.1, 0.15) is 67.3 Å². The number of likely N-dealkylation sites (tertiary alicyclic amines) is 1. The van der Waals surface area contributed by atoms with Gasteiger partial charge in [0.15, 0.2) is 0 Å². The molecule has 3 N–H and O–H groups in total. The molecule has 164 valence electrons. The zero-order valence-corrected chi connectivity index (χ0v) is 18.5. The van der Waals surface area contributed by atoms with Gasteiger partial charge in [-0.15, -0.1) is 12.4 Å². The van der Waals surface area contributed by atoms with E-state index in [1.165, 1.54) is 19.3 Å². The molecule has 5 nitrogen and oxygen atoms in total. The first kappa shape index (κ1) is 21.6. The average molecular weight is 432 g/mol. The molecule has 1 heterocycles.